The Morgan fingerprint density at radius 2 is 1.03 bits per heavy atom. The Morgan fingerprint density at radius 1 is 0.622 bits per heavy atom. The van der Waals surface area contributed by atoms with E-state index in [4.69, 9.17) is 0 Å². The fraction of sp³-hybridized carbons (Fsp3) is 0.848. The van der Waals surface area contributed by atoms with Gasteiger partial charge >= 0.3 is 0 Å². The molecule has 0 saturated heterocycles. The predicted octanol–water partition coefficient (Wildman–Crippen LogP) is 8.95. The summed E-state index contributed by atoms with van der Waals surface area (Å²) in [6, 6.07) is -0.618. The standard InChI is InChI=1S/C33H63NO3/c1-3-5-7-9-11-13-15-16-17-18-19-21-23-25-27-29-33(37)34-31(30-35)32(36)28-26-24-22-20-14-12-10-8-6-4-2/h13,15,26,28,31-32,35-36H,3-12,14,16-25,27,29-30H2,1-2H3,(H,34,37)/b15-13-,28-26+. The van der Waals surface area contributed by atoms with Gasteiger partial charge in [-0.25, -0.2) is 0 Å². The molecule has 0 aliphatic heterocycles. The Kier molecular flexibility index (Phi) is 28.5. The lowest BCUT2D eigenvalue weighted by molar-refractivity contribution is -0.123. The van der Waals surface area contributed by atoms with E-state index in [0.717, 1.165) is 25.7 Å². The second kappa shape index (κ2) is 29.4. The number of amides is 1. The fourth-order valence-corrected chi connectivity index (χ4v) is 4.64. The van der Waals surface area contributed by atoms with Gasteiger partial charge in [0.2, 0.25) is 5.91 Å². The first kappa shape index (κ1) is 35.9. The van der Waals surface area contributed by atoms with E-state index < -0.39 is 12.1 Å². The van der Waals surface area contributed by atoms with Crippen LogP contribution >= 0.6 is 0 Å². The molecule has 0 rings (SSSR count). The summed E-state index contributed by atoms with van der Waals surface area (Å²) in [4.78, 5) is 12.2. The van der Waals surface area contributed by atoms with E-state index in [1.807, 2.05) is 6.08 Å². The average molecular weight is 522 g/mol. The molecule has 2 unspecified atom stereocenters. The maximum Gasteiger partial charge on any atom is 0.220 e. The lowest BCUT2D eigenvalue weighted by Crippen LogP contribution is -2.45. The van der Waals surface area contributed by atoms with Gasteiger partial charge < -0.3 is 15.5 Å². The van der Waals surface area contributed by atoms with Crippen LogP contribution in [0, 0.1) is 0 Å². The number of nitrogens with one attached hydrogen (secondary N) is 1. The van der Waals surface area contributed by atoms with E-state index in [1.54, 1.807) is 6.08 Å². The van der Waals surface area contributed by atoms with Gasteiger partial charge in [-0.1, -0.05) is 134 Å². The molecule has 1 amide bonds. The number of allylic oxidation sites excluding steroid dienone is 3. The van der Waals surface area contributed by atoms with E-state index in [0.29, 0.717) is 6.42 Å². The molecule has 0 heterocycles. The molecule has 0 aromatic carbocycles. The minimum absolute atomic E-state index is 0.0731. The Bertz CT molecular complexity index is 532. The third-order valence-electron chi connectivity index (χ3n) is 7.18. The van der Waals surface area contributed by atoms with Crippen LogP contribution in [0.25, 0.3) is 0 Å². The van der Waals surface area contributed by atoms with E-state index in [9.17, 15) is 15.0 Å². The summed E-state index contributed by atoms with van der Waals surface area (Å²) in [5.74, 6) is -0.0731. The minimum Gasteiger partial charge on any atom is -0.394 e. The van der Waals surface area contributed by atoms with Crippen LogP contribution in [0.2, 0.25) is 0 Å². The number of aliphatic hydroxyl groups excluding tert-OH is 2. The fourth-order valence-electron chi connectivity index (χ4n) is 4.64. The molecule has 0 aromatic rings. The molecule has 0 saturated carbocycles. The van der Waals surface area contributed by atoms with Crippen LogP contribution in [-0.4, -0.2) is 34.9 Å². The zero-order valence-corrected chi connectivity index (χ0v) is 24.7. The van der Waals surface area contributed by atoms with Crippen LogP contribution in [0.1, 0.15) is 162 Å². The van der Waals surface area contributed by atoms with Gasteiger partial charge in [0.1, 0.15) is 0 Å². The van der Waals surface area contributed by atoms with Gasteiger partial charge in [0.25, 0.3) is 0 Å². The smallest absolute Gasteiger partial charge is 0.220 e. The van der Waals surface area contributed by atoms with Gasteiger partial charge in [-0.15, -0.1) is 0 Å². The second-order valence-electron chi connectivity index (χ2n) is 10.9. The quantitative estimate of drug-likeness (QED) is 0.0711. The monoisotopic (exact) mass is 521 g/mol. The van der Waals surface area contributed by atoms with E-state index >= 15 is 0 Å². The Morgan fingerprint density at radius 3 is 1.51 bits per heavy atom. The van der Waals surface area contributed by atoms with Crippen LogP contribution in [-0.2, 0) is 4.79 Å². The van der Waals surface area contributed by atoms with E-state index in [-0.39, 0.29) is 12.5 Å². The summed E-state index contributed by atoms with van der Waals surface area (Å²) in [5, 5.41) is 22.7. The van der Waals surface area contributed by atoms with Gasteiger partial charge in [-0.05, 0) is 44.9 Å². The van der Waals surface area contributed by atoms with Crippen molar-refractivity contribution in [2.45, 2.75) is 174 Å². The predicted molar refractivity (Wildman–Crippen MR) is 161 cm³/mol. The van der Waals surface area contributed by atoms with Gasteiger partial charge in [-0.2, -0.15) is 0 Å². The highest BCUT2D eigenvalue weighted by Crippen LogP contribution is 2.12. The van der Waals surface area contributed by atoms with Gasteiger partial charge in [0, 0.05) is 6.42 Å². The van der Waals surface area contributed by atoms with Gasteiger partial charge in [-0.3, -0.25) is 4.79 Å². The maximum absolute atomic E-state index is 12.2. The number of aliphatic hydroxyl groups is 2. The van der Waals surface area contributed by atoms with Crippen molar-refractivity contribution in [3.8, 4) is 0 Å². The number of carbonyl (C=O) groups excluding carboxylic acids is 1. The minimum atomic E-state index is -0.834. The van der Waals surface area contributed by atoms with Crippen molar-refractivity contribution in [3.63, 3.8) is 0 Å². The summed E-state index contributed by atoms with van der Waals surface area (Å²) in [7, 11) is 0. The number of carbonyl (C=O) groups is 1. The molecular formula is C33H63NO3. The van der Waals surface area contributed by atoms with Crippen molar-refractivity contribution in [3.05, 3.63) is 24.3 Å². The molecule has 0 aliphatic rings. The summed E-state index contributed by atoms with van der Waals surface area (Å²) >= 11 is 0. The lowest BCUT2D eigenvalue weighted by atomic mass is 10.1. The first-order valence-corrected chi connectivity index (χ1v) is 16.1. The normalized spacial score (nSPS) is 13.5. The van der Waals surface area contributed by atoms with Crippen LogP contribution in [0.4, 0.5) is 0 Å². The zero-order chi connectivity index (χ0) is 27.2. The largest absolute Gasteiger partial charge is 0.394 e. The summed E-state index contributed by atoms with van der Waals surface area (Å²) in [6.45, 7) is 4.25. The molecule has 0 radical (unpaired) electrons. The molecule has 0 aliphatic carbocycles. The Balaban J connectivity index is 3.66. The molecule has 0 bridgehead atoms. The molecule has 0 aromatic heterocycles. The van der Waals surface area contributed by atoms with Crippen LogP contribution in [0.5, 0.6) is 0 Å². The van der Waals surface area contributed by atoms with Gasteiger partial charge in [0.15, 0.2) is 0 Å². The van der Waals surface area contributed by atoms with E-state index in [1.165, 1.54) is 116 Å². The molecule has 2 atom stereocenters. The molecule has 37 heavy (non-hydrogen) atoms. The third-order valence-corrected chi connectivity index (χ3v) is 7.18. The van der Waals surface area contributed by atoms with Crippen LogP contribution in [0.3, 0.4) is 0 Å². The molecule has 4 nitrogen and oxygen atoms in total. The molecule has 218 valence electrons. The van der Waals surface area contributed by atoms with Crippen molar-refractivity contribution in [2.75, 3.05) is 6.61 Å². The highest BCUT2D eigenvalue weighted by Gasteiger charge is 2.17. The molecule has 0 fully saturated rings. The molecular weight excluding hydrogens is 458 g/mol. The number of rotatable bonds is 28. The van der Waals surface area contributed by atoms with Crippen molar-refractivity contribution in [1.82, 2.24) is 5.32 Å². The molecule has 3 N–H and O–H groups in total. The summed E-state index contributed by atoms with van der Waals surface area (Å²) in [5.41, 5.74) is 0. The number of hydrogen-bond acceptors (Lipinski definition) is 3. The van der Waals surface area contributed by atoms with Crippen molar-refractivity contribution in [1.29, 1.82) is 0 Å². The second-order valence-corrected chi connectivity index (χ2v) is 10.9. The van der Waals surface area contributed by atoms with E-state index in [2.05, 4.69) is 31.3 Å². The highest BCUT2D eigenvalue weighted by molar-refractivity contribution is 5.76. The summed E-state index contributed by atoms with van der Waals surface area (Å²) < 4.78 is 0. The molecule has 4 heteroatoms. The van der Waals surface area contributed by atoms with Crippen LogP contribution in [0.15, 0.2) is 24.3 Å². The first-order chi connectivity index (χ1) is 18.2. The SMILES string of the molecule is CCCCCC/C=C\CCCCCCCCCC(=O)NC(CO)C(O)/C=C/CCCCCCCCCC. The molecule has 0 spiro atoms. The number of hydrogen-bond donors (Lipinski definition) is 3. The lowest BCUT2D eigenvalue weighted by Gasteiger charge is -2.20. The zero-order valence-electron chi connectivity index (χ0n) is 24.7. The van der Waals surface area contributed by atoms with Crippen molar-refractivity contribution >= 4 is 5.91 Å². The summed E-state index contributed by atoms with van der Waals surface area (Å²) in [6.07, 6.45) is 35.3. The topological polar surface area (TPSA) is 69.6 Å². The van der Waals surface area contributed by atoms with Crippen molar-refractivity contribution in [2.24, 2.45) is 0 Å². The Hall–Kier alpha value is -1.13. The number of unbranched alkanes of at least 4 members (excludes halogenated alkanes) is 19. The first-order valence-electron chi connectivity index (χ1n) is 16.1. The highest BCUT2D eigenvalue weighted by atomic mass is 16.3. The van der Waals surface area contributed by atoms with Crippen molar-refractivity contribution < 1.29 is 15.0 Å². The average Bonchev–Trinajstić information content (AvgIpc) is 2.90. The Labute approximate surface area is 230 Å². The maximum atomic E-state index is 12.2. The van der Waals surface area contributed by atoms with Crippen LogP contribution < -0.4 is 5.32 Å². The van der Waals surface area contributed by atoms with Gasteiger partial charge in [0.05, 0.1) is 18.8 Å². The third kappa shape index (κ3) is 26.3.